The van der Waals surface area contributed by atoms with Gasteiger partial charge in [0, 0.05) is 67.5 Å². The third kappa shape index (κ3) is 11.0. The average Bonchev–Trinajstić information content (AvgIpc) is 3.34. The number of carbonyl (C=O) groups is 1. The molecule has 7 rings (SSSR count). The lowest BCUT2D eigenvalue weighted by atomic mass is 9.55. The van der Waals surface area contributed by atoms with E-state index in [1.165, 1.54) is 42.5 Å². The van der Waals surface area contributed by atoms with E-state index < -0.39 is 45.4 Å². The Morgan fingerprint density at radius 1 is 0.926 bits per heavy atom. The number of aliphatic hydroxyl groups is 2. The largest absolute Gasteiger partial charge is 0.489 e. The van der Waals surface area contributed by atoms with Gasteiger partial charge >= 0.3 is 6.09 Å². The van der Waals surface area contributed by atoms with E-state index >= 15 is 0 Å². The number of fused-ring (bicyclic) bond motifs is 2. The highest BCUT2D eigenvalue weighted by Gasteiger charge is 2.65. The molecule has 1 heterocycles. The first-order chi connectivity index (χ1) is 33.0. The lowest BCUT2D eigenvalue weighted by Crippen LogP contribution is -2.70. The van der Waals surface area contributed by atoms with E-state index in [1.807, 2.05) is 13.0 Å². The Kier molecular flexibility index (Phi) is 16.6. The molecule has 0 spiro atoms. The van der Waals surface area contributed by atoms with Gasteiger partial charge in [-0.05, 0) is 104 Å². The topological polar surface area (TPSA) is 206 Å². The molecule has 1 saturated carbocycles. The summed E-state index contributed by atoms with van der Waals surface area (Å²) in [5, 5.41) is 47.6. The molecule has 4 aromatic carbocycles. The molecule has 4 aromatic rings. The van der Waals surface area contributed by atoms with Crippen molar-refractivity contribution in [1.82, 2.24) is 4.90 Å². The van der Waals surface area contributed by atoms with Gasteiger partial charge in [-0.15, -0.1) is 6.58 Å². The second kappa shape index (κ2) is 22.9. The van der Waals surface area contributed by atoms with Crippen molar-refractivity contribution >= 4 is 23.2 Å². The maximum absolute atomic E-state index is 14.8. The Morgan fingerprint density at radius 2 is 1.60 bits per heavy atom. The maximum atomic E-state index is 14.8. The van der Waals surface area contributed by atoms with Crippen molar-refractivity contribution in [2.45, 2.75) is 89.3 Å². The Morgan fingerprint density at radius 3 is 2.26 bits per heavy atom. The molecular weight excluding hydrogens is 880 g/mol. The van der Waals surface area contributed by atoms with Gasteiger partial charge < -0.3 is 34.0 Å². The van der Waals surface area contributed by atoms with Crippen molar-refractivity contribution in [2.75, 3.05) is 26.4 Å². The number of hydrogen-bond donors (Lipinski definition) is 2. The predicted octanol–water partition coefficient (Wildman–Crippen LogP) is 9.97. The molecule has 68 heavy (non-hydrogen) atoms. The first-order valence-corrected chi connectivity index (χ1v) is 23.0. The summed E-state index contributed by atoms with van der Waals surface area (Å²) in [6, 6.07) is 22.1. The molecule has 3 aliphatic rings. The number of halogens is 1. The number of nitro benzene ring substituents is 2. The molecule has 0 unspecified atom stereocenters. The van der Waals surface area contributed by atoms with Crippen molar-refractivity contribution < 1.29 is 53.0 Å². The second-order valence-electron chi connectivity index (χ2n) is 17.2. The number of carbonyl (C=O) groups excluding carboxylic acids is 1. The van der Waals surface area contributed by atoms with Crippen LogP contribution in [0.1, 0.15) is 80.9 Å². The SMILES string of the molecule is C=CCO[C@@]12Oc3ccc(OCc4ccccc4F)cc3[C@H]3[C@H](CCCCO)[C@@H](CCCCO)C=C(C(=NOCc4ccc([N+](=O)[O-])cc4)C[C@@H]1N(CCC)C(=O)Oc1ccc([N+](=O)[O-])cc1)[C@H]32. The van der Waals surface area contributed by atoms with Gasteiger partial charge in [-0.2, -0.15) is 0 Å². The number of non-ortho nitro benzene ring substituents is 2. The smallest absolute Gasteiger partial charge is 0.415 e. The number of allylic oxidation sites excluding steroid dienone is 1. The molecule has 1 fully saturated rings. The second-order valence-corrected chi connectivity index (χ2v) is 17.2. The van der Waals surface area contributed by atoms with E-state index in [0.29, 0.717) is 66.9 Å². The van der Waals surface area contributed by atoms with Gasteiger partial charge in [0.15, 0.2) is 0 Å². The fraction of sp³-hybridized carbons (Fsp3) is 0.412. The van der Waals surface area contributed by atoms with Crippen LogP contribution in [0.5, 0.6) is 17.2 Å². The molecule has 6 atom stereocenters. The van der Waals surface area contributed by atoms with Gasteiger partial charge in [-0.25, -0.2) is 9.18 Å². The normalized spacial score (nSPS) is 21.9. The van der Waals surface area contributed by atoms with Crippen LogP contribution in [0.2, 0.25) is 0 Å². The van der Waals surface area contributed by atoms with Gasteiger partial charge in [-0.3, -0.25) is 25.1 Å². The van der Waals surface area contributed by atoms with Crippen molar-refractivity contribution in [2.24, 2.45) is 22.9 Å². The Labute approximate surface area is 393 Å². The summed E-state index contributed by atoms with van der Waals surface area (Å²) in [5.41, 5.74) is 2.86. The molecule has 1 aliphatic heterocycles. The van der Waals surface area contributed by atoms with E-state index in [9.17, 15) is 39.6 Å². The van der Waals surface area contributed by atoms with Crippen LogP contribution in [0.4, 0.5) is 20.6 Å². The predicted molar refractivity (Wildman–Crippen MR) is 250 cm³/mol. The van der Waals surface area contributed by atoms with E-state index in [4.69, 9.17) is 28.9 Å². The molecule has 360 valence electrons. The monoisotopic (exact) mass is 936 g/mol. The summed E-state index contributed by atoms with van der Waals surface area (Å²) < 4.78 is 41.3. The zero-order valence-electron chi connectivity index (χ0n) is 38.0. The van der Waals surface area contributed by atoms with Gasteiger partial charge in [0.2, 0.25) is 5.79 Å². The van der Waals surface area contributed by atoms with E-state index in [1.54, 1.807) is 53.4 Å². The first-order valence-electron chi connectivity index (χ1n) is 23.0. The number of rotatable bonds is 23. The molecule has 16 nitrogen and oxygen atoms in total. The maximum Gasteiger partial charge on any atom is 0.415 e. The Bertz CT molecular complexity index is 2470. The first kappa shape index (κ1) is 49.2. The van der Waals surface area contributed by atoms with Crippen molar-refractivity contribution in [3.63, 3.8) is 0 Å². The molecule has 2 aliphatic carbocycles. The fourth-order valence-corrected chi connectivity index (χ4v) is 9.82. The minimum Gasteiger partial charge on any atom is -0.489 e. The van der Waals surface area contributed by atoms with Crippen LogP contribution in [0.25, 0.3) is 0 Å². The molecule has 0 aromatic heterocycles. The number of nitro groups is 2. The third-order valence-corrected chi connectivity index (χ3v) is 12.9. The highest BCUT2D eigenvalue weighted by Crippen LogP contribution is 2.62. The molecule has 17 heteroatoms. The molecule has 0 saturated heterocycles. The number of amides is 1. The zero-order valence-corrected chi connectivity index (χ0v) is 38.0. The highest BCUT2D eigenvalue weighted by atomic mass is 19.1. The van der Waals surface area contributed by atoms with E-state index in [-0.39, 0.29) is 75.0 Å². The van der Waals surface area contributed by atoms with Crippen LogP contribution in [0.3, 0.4) is 0 Å². The van der Waals surface area contributed by atoms with Crippen LogP contribution < -0.4 is 14.2 Å². The molecule has 1 amide bonds. The molecule has 0 radical (unpaired) electrons. The summed E-state index contributed by atoms with van der Waals surface area (Å²) in [6.45, 7) is 6.05. The summed E-state index contributed by atoms with van der Waals surface area (Å²) in [4.78, 5) is 44.2. The van der Waals surface area contributed by atoms with Crippen LogP contribution in [0.15, 0.2) is 120 Å². The van der Waals surface area contributed by atoms with Crippen molar-refractivity contribution in [1.29, 1.82) is 0 Å². The summed E-state index contributed by atoms with van der Waals surface area (Å²) in [7, 11) is 0. The Hall–Kier alpha value is -6.69. The third-order valence-electron chi connectivity index (χ3n) is 12.9. The quantitative estimate of drug-likeness (QED) is 0.0309. The lowest BCUT2D eigenvalue weighted by molar-refractivity contribution is -0.385. The van der Waals surface area contributed by atoms with Crippen LogP contribution in [0, 0.1) is 43.8 Å². The number of nitrogens with zero attached hydrogens (tertiary/aromatic N) is 4. The molecule has 2 N–H and O–H groups in total. The van der Waals surface area contributed by atoms with Gasteiger partial charge in [0.05, 0.1) is 28.1 Å². The molecule has 0 bridgehead atoms. The zero-order chi connectivity index (χ0) is 48.2. The summed E-state index contributed by atoms with van der Waals surface area (Å²) >= 11 is 0. The van der Waals surface area contributed by atoms with Crippen LogP contribution in [-0.2, 0) is 22.8 Å². The minimum atomic E-state index is -1.61. The average molecular weight is 937 g/mol. The number of unbranched alkanes of at least 4 members (excludes halogenated alkanes) is 2. The fourth-order valence-electron chi connectivity index (χ4n) is 9.82. The van der Waals surface area contributed by atoms with Gasteiger partial charge in [-0.1, -0.05) is 55.3 Å². The Balaban J connectivity index is 1.40. The number of benzene rings is 4. The van der Waals surface area contributed by atoms with Crippen LogP contribution in [-0.4, -0.2) is 75.0 Å². The highest BCUT2D eigenvalue weighted by molar-refractivity contribution is 6.03. The summed E-state index contributed by atoms with van der Waals surface area (Å²) in [6.07, 6.45) is 7.54. The van der Waals surface area contributed by atoms with E-state index in [0.717, 1.165) is 17.6 Å². The molecular formula is C51H57FN4O12. The van der Waals surface area contributed by atoms with Gasteiger partial charge in [0.1, 0.15) is 42.3 Å². The van der Waals surface area contributed by atoms with Crippen molar-refractivity contribution in [3.05, 3.63) is 158 Å². The number of hydrogen-bond acceptors (Lipinski definition) is 13. The number of oxime groups is 1. The summed E-state index contributed by atoms with van der Waals surface area (Å²) in [5.74, 6) is -2.19. The van der Waals surface area contributed by atoms with Crippen LogP contribution >= 0.6 is 0 Å². The van der Waals surface area contributed by atoms with Crippen molar-refractivity contribution in [3.8, 4) is 17.2 Å². The standard InChI is InChI=1S/C51H57FN4O12/c1-3-25-54(50(59)67-39-21-19-38(20-22-39)56(62)63)47-31-45(53-66-32-34-15-17-37(18-16-34)55(60)61)42-29-35(11-7-9-26-57)41(13-8-10-27-58)48-43-30-40(64-33-36-12-5-6-14-44(36)52)23-24-46(43)68-51(47,49(42)48)65-28-4-2/h4-6,12,14-24,29-30,35,41,47-49,57-58H,2-3,7-11,13,25-28,31-33H2,1H3/t35-,41+,47-,48+,49+,51+/m0/s1. The lowest BCUT2D eigenvalue weighted by Gasteiger charge is -2.59. The van der Waals surface area contributed by atoms with E-state index in [2.05, 4.69) is 12.7 Å². The number of aliphatic hydroxyl groups excluding tert-OH is 2. The minimum absolute atomic E-state index is 0.00499. The number of ether oxygens (including phenoxy) is 4. The van der Waals surface area contributed by atoms with Gasteiger partial charge in [0.25, 0.3) is 11.4 Å².